The molecule has 1 aliphatic heterocycles. The predicted octanol–water partition coefficient (Wildman–Crippen LogP) is 1.28. The van der Waals surface area contributed by atoms with Crippen molar-refractivity contribution in [2.45, 2.75) is 13.0 Å². The van der Waals surface area contributed by atoms with Crippen LogP contribution < -0.4 is 0 Å². The number of amides is 1. The van der Waals surface area contributed by atoms with E-state index in [1.54, 1.807) is 0 Å². The summed E-state index contributed by atoms with van der Waals surface area (Å²) in [6, 6.07) is 3.73. The lowest BCUT2D eigenvalue weighted by Crippen LogP contribution is -2.43. The molecule has 21 heavy (non-hydrogen) atoms. The molecule has 3 rings (SSSR count). The molecule has 6 heteroatoms. The van der Waals surface area contributed by atoms with Crippen LogP contribution in [0.4, 0.5) is 0 Å². The van der Waals surface area contributed by atoms with Gasteiger partial charge < -0.3 is 18.8 Å². The molecule has 0 aromatic carbocycles. The zero-order valence-electron chi connectivity index (χ0n) is 12.6. The third kappa shape index (κ3) is 2.58. The van der Waals surface area contributed by atoms with Crippen molar-refractivity contribution in [1.82, 2.24) is 19.0 Å². The Morgan fingerprint density at radius 3 is 2.81 bits per heavy atom. The van der Waals surface area contributed by atoms with Gasteiger partial charge in [0.1, 0.15) is 17.6 Å². The van der Waals surface area contributed by atoms with Crippen molar-refractivity contribution >= 4 is 5.91 Å². The second-order valence-corrected chi connectivity index (χ2v) is 5.47. The molecule has 0 bridgehead atoms. The van der Waals surface area contributed by atoms with Crippen molar-refractivity contribution in [1.29, 1.82) is 0 Å². The molecule has 2 aromatic rings. The van der Waals surface area contributed by atoms with Crippen LogP contribution in [0.5, 0.6) is 0 Å². The van der Waals surface area contributed by atoms with Crippen LogP contribution in [0.15, 0.2) is 24.5 Å². The van der Waals surface area contributed by atoms with E-state index in [2.05, 4.69) is 4.98 Å². The summed E-state index contributed by atoms with van der Waals surface area (Å²) in [6.07, 6.45) is 3.69. The van der Waals surface area contributed by atoms with Crippen LogP contribution in [0.1, 0.15) is 28.1 Å². The Morgan fingerprint density at radius 1 is 1.38 bits per heavy atom. The lowest BCUT2D eigenvalue weighted by Gasteiger charge is -2.32. The molecular weight excluding hydrogens is 268 g/mol. The third-order valence-corrected chi connectivity index (χ3v) is 3.84. The van der Waals surface area contributed by atoms with Gasteiger partial charge in [-0.2, -0.15) is 0 Å². The second-order valence-electron chi connectivity index (χ2n) is 5.47. The van der Waals surface area contributed by atoms with Gasteiger partial charge in [-0.3, -0.25) is 4.79 Å². The van der Waals surface area contributed by atoms with Crippen molar-refractivity contribution in [3.8, 4) is 0 Å². The quantitative estimate of drug-likeness (QED) is 0.836. The largest absolute Gasteiger partial charge is 0.367 e. The summed E-state index contributed by atoms with van der Waals surface area (Å²) in [4.78, 5) is 18.9. The number of imidazole rings is 1. The van der Waals surface area contributed by atoms with Crippen molar-refractivity contribution < 1.29 is 9.53 Å². The lowest BCUT2D eigenvalue weighted by atomic mass is 10.2. The molecule has 112 valence electrons. The van der Waals surface area contributed by atoms with Gasteiger partial charge in [-0.15, -0.1) is 0 Å². The molecule has 6 nitrogen and oxygen atoms in total. The standard InChI is InChI=1S/C15H20N4O2/c1-11-9-18(3)14(16-11)13-10-19(7-8-21-13)15(20)12-5-4-6-17(12)2/h4-6,9,13H,7-8,10H2,1-3H3/t13-/m0/s1. The van der Waals surface area contributed by atoms with Crippen LogP contribution in [0.2, 0.25) is 0 Å². The number of nitrogens with zero attached hydrogens (tertiary/aromatic N) is 4. The highest BCUT2D eigenvalue weighted by Crippen LogP contribution is 2.22. The molecule has 1 aliphatic rings. The Morgan fingerprint density at radius 2 is 2.19 bits per heavy atom. The normalized spacial score (nSPS) is 19.0. The van der Waals surface area contributed by atoms with Gasteiger partial charge in [0.15, 0.2) is 0 Å². The number of morpholine rings is 1. The molecule has 1 amide bonds. The second kappa shape index (κ2) is 5.37. The maximum Gasteiger partial charge on any atom is 0.270 e. The molecule has 0 aliphatic carbocycles. The summed E-state index contributed by atoms with van der Waals surface area (Å²) in [6.45, 7) is 3.64. The van der Waals surface area contributed by atoms with Crippen molar-refractivity contribution in [2.75, 3.05) is 19.7 Å². The molecule has 1 saturated heterocycles. The van der Waals surface area contributed by atoms with Crippen molar-refractivity contribution in [3.05, 3.63) is 41.7 Å². The Labute approximate surface area is 123 Å². The fourth-order valence-corrected chi connectivity index (χ4v) is 2.77. The molecular formula is C15H20N4O2. The van der Waals surface area contributed by atoms with E-state index >= 15 is 0 Å². The average molecular weight is 288 g/mol. The van der Waals surface area contributed by atoms with E-state index in [0.29, 0.717) is 25.4 Å². The number of aromatic nitrogens is 3. The molecule has 0 unspecified atom stereocenters. The smallest absolute Gasteiger partial charge is 0.270 e. The Balaban J connectivity index is 1.79. The summed E-state index contributed by atoms with van der Waals surface area (Å²) in [5.74, 6) is 0.915. The van der Waals surface area contributed by atoms with E-state index in [4.69, 9.17) is 4.74 Å². The molecule has 0 spiro atoms. The van der Waals surface area contributed by atoms with E-state index in [1.807, 2.05) is 59.6 Å². The summed E-state index contributed by atoms with van der Waals surface area (Å²) in [5, 5.41) is 0. The molecule has 1 atom stereocenters. The van der Waals surface area contributed by atoms with Crippen LogP contribution in [0, 0.1) is 6.92 Å². The zero-order valence-corrected chi connectivity index (χ0v) is 12.6. The van der Waals surface area contributed by atoms with Crippen LogP contribution >= 0.6 is 0 Å². The van der Waals surface area contributed by atoms with Crippen LogP contribution in [-0.4, -0.2) is 44.6 Å². The Kier molecular flexibility index (Phi) is 3.55. The van der Waals surface area contributed by atoms with Gasteiger partial charge in [-0.05, 0) is 19.1 Å². The first-order valence-corrected chi connectivity index (χ1v) is 7.08. The summed E-state index contributed by atoms with van der Waals surface area (Å²) >= 11 is 0. The van der Waals surface area contributed by atoms with E-state index in [0.717, 1.165) is 11.5 Å². The van der Waals surface area contributed by atoms with Gasteiger partial charge in [-0.1, -0.05) is 0 Å². The van der Waals surface area contributed by atoms with Gasteiger partial charge in [0, 0.05) is 33.0 Å². The highest BCUT2D eigenvalue weighted by Gasteiger charge is 2.29. The fourth-order valence-electron chi connectivity index (χ4n) is 2.77. The van der Waals surface area contributed by atoms with Crippen LogP contribution in [0.25, 0.3) is 0 Å². The van der Waals surface area contributed by atoms with E-state index in [-0.39, 0.29) is 12.0 Å². The molecule has 0 radical (unpaired) electrons. The number of rotatable bonds is 2. The zero-order chi connectivity index (χ0) is 15.0. The highest BCUT2D eigenvalue weighted by molar-refractivity contribution is 5.92. The minimum absolute atomic E-state index is 0.0433. The average Bonchev–Trinajstić information content (AvgIpc) is 3.03. The lowest BCUT2D eigenvalue weighted by molar-refractivity contribution is -0.0282. The minimum atomic E-state index is -0.165. The number of hydrogen-bond acceptors (Lipinski definition) is 3. The minimum Gasteiger partial charge on any atom is -0.367 e. The van der Waals surface area contributed by atoms with Gasteiger partial charge in [-0.25, -0.2) is 4.98 Å². The van der Waals surface area contributed by atoms with Gasteiger partial charge in [0.25, 0.3) is 5.91 Å². The third-order valence-electron chi connectivity index (χ3n) is 3.84. The fraction of sp³-hybridized carbons (Fsp3) is 0.467. The first-order chi connectivity index (χ1) is 10.1. The topological polar surface area (TPSA) is 52.3 Å². The molecule has 3 heterocycles. The van der Waals surface area contributed by atoms with E-state index < -0.39 is 0 Å². The maximum atomic E-state index is 12.6. The molecule has 1 fully saturated rings. The molecule has 0 N–H and O–H groups in total. The maximum absolute atomic E-state index is 12.6. The number of hydrogen-bond donors (Lipinski definition) is 0. The van der Waals surface area contributed by atoms with Gasteiger partial charge in [0.2, 0.25) is 0 Å². The Bertz CT molecular complexity index is 658. The van der Waals surface area contributed by atoms with Gasteiger partial charge in [0.05, 0.1) is 18.8 Å². The van der Waals surface area contributed by atoms with Crippen molar-refractivity contribution in [3.63, 3.8) is 0 Å². The number of carbonyl (C=O) groups is 1. The summed E-state index contributed by atoms with van der Waals surface area (Å²) < 4.78 is 9.62. The van der Waals surface area contributed by atoms with E-state index in [9.17, 15) is 4.79 Å². The number of aryl methyl sites for hydroxylation is 3. The molecule has 2 aromatic heterocycles. The SMILES string of the molecule is Cc1cn(C)c([C@@H]2CN(C(=O)c3cccn3C)CCO2)n1. The monoisotopic (exact) mass is 288 g/mol. The van der Waals surface area contributed by atoms with E-state index in [1.165, 1.54) is 0 Å². The highest BCUT2D eigenvalue weighted by atomic mass is 16.5. The summed E-state index contributed by atoms with van der Waals surface area (Å²) in [7, 11) is 3.84. The number of ether oxygens (including phenoxy) is 1. The predicted molar refractivity (Wildman–Crippen MR) is 78.0 cm³/mol. The number of carbonyl (C=O) groups excluding carboxylic acids is 1. The molecule has 0 saturated carbocycles. The van der Waals surface area contributed by atoms with Crippen molar-refractivity contribution in [2.24, 2.45) is 14.1 Å². The Hall–Kier alpha value is -2.08. The first-order valence-electron chi connectivity index (χ1n) is 7.08. The van der Waals surface area contributed by atoms with Gasteiger partial charge >= 0.3 is 0 Å². The summed E-state index contributed by atoms with van der Waals surface area (Å²) in [5.41, 5.74) is 1.66. The first kappa shape index (κ1) is 13.9. The van der Waals surface area contributed by atoms with Crippen LogP contribution in [-0.2, 0) is 18.8 Å². The van der Waals surface area contributed by atoms with Crippen LogP contribution in [0.3, 0.4) is 0 Å².